The molecule has 12 heteroatoms. The van der Waals surface area contributed by atoms with Crippen LogP contribution in [-0.2, 0) is 11.3 Å². The van der Waals surface area contributed by atoms with Crippen LogP contribution in [-0.4, -0.2) is 48.7 Å². The van der Waals surface area contributed by atoms with Gasteiger partial charge in [0, 0.05) is 48.4 Å². The van der Waals surface area contributed by atoms with E-state index in [0.717, 1.165) is 0 Å². The molecule has 52 heavy (non-hydrogen) atoms. The minimum Gasteiger partial charge on any atom is -0.507 e. The minimum atomic E-state index is -4.61. The van der Waals surface area contributed by atoms with Crippen molar-refractivity contribution in [3.8, 4) is 44.9 Å². The van der Waals surface area contributed by atoms with E-state index in [2.05, 4.69) is 21.3 Å². The Hall–Kier alpha value is -5.14. The maximum absolute atomic E-state index is 14.2. The number of phenols is 2. The number of hydrogen-bond donors (Lipinski definition) is 6. The molecule has 0 spiro atoms. The number of rotatable bonds is 5. The number of phenolic OH excluding ortho intramolecular Hbond substituents is 2. The molecular weight excluding hydrogens is 682 g/mol. The number of nitrogens with one attached hydrogen (secondary N) is 4. The highest BCUT2D eigenvalue weighted by Crippen LogP contribution is 2.52. The van der Waals surface area contributed by atoms with Crippen LogP contribution in [0.4, 0.5) is 26.3 Å². The summed E-state index contributed by atoms with van der Waals surface area (Å²) < 4.78 is 85.4. The number of fused-ring (bicyclic) bond motifs is 2. The first-order valence-electron chi connectivity index (χ1n) is 16.7. The summed E-state index contributed by atoms with van der Waals surface area (Å²) in [7, 11) is 0. The van der Waals surface area contributed by atoms with E-state index >= 15 is 0 Å². The van der Waals surface area contributed by atoms with Gasteiger partial charge in [0.1, 0.15) is 11.5 Å². The molecule has 0 unspecified atom stereocenters. The minimum absolute atomic E-state index is 0.0234. The molecule has 6 aromatic carbocycles. The predicted molar refractivity (Wildman–Crippen MR) is 189 cm³/mol. The fourth-order valence-electron chi connectivity index (χ4n) is 7.68. The van der Waals surface area contributed by atoms with E-state index in [1.807, 2.05) is 24.3 Å². The largest absolute Gasteiger partial charge is 0.507 e. The topological polar surface area (TPSA) is 88.6 Å². The highest BCUT2D eigenvalue weighted by atomic mass is 19.4. The molecule has 0 aliphatic carbocycles. The van der Waals surface area contributed by atoms with Gasteiger partial charge in [-0.1, -0.05) is 97.1 Å². The molecule has 2 saturated heterocycles. The van der Waals surface area contributed by atoms with Gasteiger partial charge in [0.25, 0.3) is 0 Å². The summed E-state index contributed by atoms with van der Waals surface area (Å²) in [6.07, 6.45) is -9.23. The Balaban J connectivity index is 1.30. The summed E-state index contributed by atoms with van der Waals surface area (Å²) >= 11 is 0. The number of aromatic hydroxyl groups is 2. The molecule has 0 atom stereocenters. The smallest absolute Gasteiger partial charge is 0.424 e. The van der Waals surface area contributed by atoms with Gasteiger partial charge in [0.05, 0.1) is 0 Å². The van der Waals surface area contributed by atoms with Gasteiger partial charge >= 0.3 is 12.4 Å². The Morgan fingerprint density at radius 1 is 0.462 bits per heavy atom. The van der Waals surface area contributed by atoms with Crippen molar-refractivity contribution in [1.82, 2.24) is 21.3 Å². The van der Waals surface area contributed by atoms with Gasteiger partial charge < -0.3 is 10.2 Å². The van der Waals surface area contributed by atoms with Gasteiger partial charge in [0.2, 0.25) is 0 Å². The molecule has 6 nitrogen and oxygen atoms in total. The Kier molecular flexibility index (Phi) is 7.99. The molecule has 0 aromatic heterocycles. The quantitative estimate of drug-likeness (QED) is 0.101. The van der Waals surface area contributed by atoms with Crippen LogP contribution in [0.15, 0.2) is 109 Å². The second kappa shape index (κ2) is 12.2. The Morgan fingerprint density at radius 2 is 0.788 bits per heavy atom. The third-order valence-corrected chi connectivity index (χ3v) is 10.2. The lowest BCUT2D eigenvalue weighted by Crippen LogP contribution is -2.57. The van der Waals surface area contributed by atoms with Crippen molar-refractivity contribution < 1.29 is 36.6 Å². The molecule has 2 fully saturated rings. The average molecular weight is 715 g/mol. The summed E-state index contributed by atoms with van der Waals surface area (Å²) in [4.78, 5) is 0. The zero-order chi connectivity index (χ0) is 36.5. The van der Waals surface area contributed by atoms with Gasteiger partial charge in [-0.05, 0) is 55.9 Å². The number of hydrogen-bond acceptors (Lipinski definition) is 6. The van der Waals surface area contributed by atoms with E-state index in [4.69, 9.17) is 0 Å². The van der Waals surface area contributed by atoms with Gasteiger partial charge in [-0.3, -0.25) is 21.3 Å². The maximum atomic E-state index is 14.2. The van der Waals surface area contributed by atoms with Crippen molar-refractivity contribution in [2.75, 3.05) is 26.2 Å². The van der Waals surface area contributed by atoms with Crippen LogP contribution in [0, 0.1) is 0 Å². The molecule has 6 N–H and O–H groups in total. The molecule has 2 aliphatic rings. The van der Waals surface area contributed by atoms with E-state index in [0.29, 0.717) is 54.9 Å². The van der Waals surface area contributed by atoms with Crippen molar-refractivity contribution in [1.29, 1.82) is 0 Å². The molecule has 0 amide bonds. The van der Waals surface area contributed by atoms with Crippen molar-refractivity contribution in [3.63, 3.8) is 0 Å². The van der Waals surface area contributed by atoms with Crippen LogP contribution in [0.5, 0.6) is 11.5 Å². The highest BCUT2D eigenvalue weighted by molar-refractivity contribution is 6.13. The lowest BCUT2D eigenvalue weighted by molar-refractivity contribution is -0.204. The van der Waals surface area contributed by atoms with Crippen LogP contribution in [0.2, 0.25) is 0 Å². The molecule has 6 aromatic rings. The van der Waals surface area contributed by atoms with Crippen molar-refractivity contribution >= 4 is 21.5 Å². The monoisotopic (exact) mass is 714 g/mol. The third kappa shape index (κ3) is 5.20. The fraction of sp³-hybridized carbons (Fsp3) is 0.200. The average Bonchev–Trinajstić information content (AvgIpc) is 3.85. The summed E-state index contributed by atoms with van der Waals surface area (Å²) in [5, 5.41) is 37.1. The van der Waals surface area contributed by atoms with Crippen LogP contribution >= 0.6 is 0 Å². The highest BCUT2D eigenvalue weighted by Gasteiger charge is 2.58. The van der Waals surface area contributed by atoms with Crippen LogP contribution in [0.3, 0.4) is 0 Å². The van der Waals surface area contributed by atoms with Gasteiger partial charge in [-0.15, -0.1) is 0 Å². The van der Waals surface area contributed by atoms with Gasteiger partial charge in [0.15, 0.2) is 11.3 Å². The number of halogens is 6. The lowest BCUT2D eigenvalue weighted by atomic mass is 9.86. The fourth-order valence-corrected chi connectivity index (χ4v) is 7.68. The van der Waals surface area contributed by atoms with E-state index < -0.39 is 23.7 Å². The molecule has 266 valence electrons. The van der Waals surface area contributed by atoms with Crippen LogP contribution < -0.4 is 21.3 Å². The first-order chi connectivity index (χ1) is 24.8. The first kappa shape index (κ1) is 34.0. The first-order valence-corrected chi connectivity index (χ1v) is 16.7. The number of benzene rings is 6. The predicted octanol–water partition coefficient (Wildman–Crippen LogP) is 8.22. The van der Waals surface area contributed by atoms with Gasteiger partial charge in [-0.2, -0.15) is 26.3 Å². The Morgan fingerprint density at radius 3 is 1.12 bits per heavy atom. The van der Waals surface area contributed by atoms with E-state index in [1.165, 1.54) is 48.5 Å². The van der Waals surface area contributed by atoms with E-state index in [-0.39, 0.29) is 48.8 Å². The standard InChI is InChI=1S/C40H32F6N4O2/c41-39(42,43)37(47-17-18-48-37)27-13-9-23(10-14-27)31-21-25-5-1-3-7-29(25)33(35(31)51)34-30-8-4-2-6-26(30)22-32(36(34)52)24-11-15-28(16-12-24)38(40(44,45)46)49-19-20-50-38/h1-16,21-22,47-52H,17-20H2. The van der Waals surface area contributed by atoms with Crippen LogP contribution in [0.25, 0.3) is 54.9 Å². The molecule has 0 bridgehead atoms. The van der Waals surface area contributed by atoms with Crippen LogP contribution in [0.1, 0.15) is 11.1 Å². The number of alkyl halides is 6. The van der Waals surface area contributed by atoms with Gasteiger partial charge in [-0.25, -0.2) is 0 Å². The van der Waals surface area contributed by atoms with E-state index in [1.54, 1.807) is 36.4 Å². The molecule has 2 aliphatic heterocycles. The zero-order valence-electron chi connectivity index (χ0n) is 27.4. The summed E-state index contributed by atoms with van der Waals surface area (Å²) in [6, 6.07) is 29.6. The van der Waals surface area contributed by atoms with Crippen molar-refractivity contribution in [3.05, 3.63) is 120 Å². The van der Waals surface area contributed by atoms with Crippen molar-refractivity contribution in [2.45, 2.75) is 23.7 Å². The lowest BCUT2D eigenvalue weighted by Gasteiger charge is -2.32. The summed E-state index contributed by atoms with van der Waals surface area (Å²) in [5.74, 6) is -0.403. The Labute approximate surface area is 294 Å². The second-order valence-corrected chi connectivity index (χ2v) is 13.1. The third-order valence-electron chi connectivity index (χ3n) is 10.2. The molecule has 0 radical (unpaired) electrons. The zero-order valence-corrected chi connectivity index (χ0v) is 27.4. The Bertz CT molecular complexity index is 2150. The summed E-state index contributed by atoms with van der Waals surface area (Å²) in [5.41, 5.74) is -2.68. The molecule has 8 rings (SSSR count). The molecular formula is C40H32F6N4O2. The molecule has 2 heterocycles. The second-order valence-electron chi connectivity index (χ2n) is 13.1. The summed E-state index contributed by atoms with van der Waals surface area (Å²) in [6.45, 7) is 0.554. The maximum Gasteiger partial charge on any atom is 0.424 e. The molecule has 0 saturated carbocycles. The normalized spacial score (nSPS) is 17.3. The van der Waals surface area contributed by atoms with E-state index in [9.17, 15) is 36.6 Å². The van der Waals surface area contributed by atoms with Crippen molar-refractivity contribution in [2.24, 2.45) is 0 Å². The SMILES string of the molecule is Oc1c(-c2ccc(C3(C(F)(F)F)NCCN3)cc2)cc2ccccc2c1-c1c(O)c(-c2ccc(C3(C(F)(F)F)NCCN3)cc2)cc2ccccc12.